The van der Waals surface area contributed by atoms with Crippen LogP contribution in [-0.2, 0) is 20.2 Å². The van der Waals surface area contributed by atoms with Gasteiger partial charge in [-0.25, -0.2) is 9.59 Å². The maximum atomic E-state index is 12.1. The SMILES string of the molecule is O=C(O)c1cc(N=Nc2ccc(C=Cc3ccc(N=Nc4ccc(O)c(C(=O)O)c4)cc3S(=O)(=O)O)c(S(=O)(=O)O)c2)ccc1O.[Na].[Na].[Na].[Na]. The molecule has 16 nitrogen and oxygen atoms in total. The van der Waals surface area contributed by atoms with Crippen molar-refractivity contribution in [1.29, 1.82) is 0 Å². The molecular weight excluding hydrogens is 740 g/mol. The van der Waals surface area contributed by atoms with Gasteiger partial charge >= 0.3 is 11.9 Å². The van der Waals surface area contributed by atoms with Crippen molar-refractivity contribution in [1.82, 2.24) is 0 Å². The number of aromatic carboxylic acids is 2. The quantitative estimate of drug-likeness (QED) is 0.0566. The summed E-state index contributed by atoms with van der Waals surface area (Å²) in [5, 5.41) is 52.8. The van der Waals surface area contributed by atoms with Crippen molar-refractivity contribution in [3.05, 3.63) is 95.1 Å². The normalized spacial score (nSPS) is 11.3. The average Bonchev–Trinajstić information content (AvgIpc) is 2.98. The van der Waals surface area contributed by atoms with Crippen LogP contribution in [0, 0.1) is 0 Å². The number of aromatic hydroxyl groups is 2. The molecule has 4 rings (SSSR count). The first kappa shape index (κ1) is 48.2. The summed E-state index contributed by atoms with van der Waals surface area (Å²) in [5.74, 6) is -3.84. The fraction of sp³-hybridized carbons (Fsp3) is 0. The van der Waals surface area contributed by atoms with E-state index in [1.54, 1.807) is 0 Å². The van der Waals surface area contributed by atoms with E-state index < -0.39 is 64.6 Å². The Bertz CT molecular complexity index is 2060. The number of rotatable bonds is 10. The van der Waals surface area contributed by atoms with Crippen molar-refractivity contribution in [2.45, 2.75) is 9.79 Å². The van der Waals surface area contributed by atoms with E-state index in [1.165, 1.54) is 36.4 Å². The van der Waals surface area contributed by atoms with Gasteiger partial charge in [0.05, 0.1) is 22.7 Å². The van der Waals surface area contributed by atoms with E-state index in [9.17, 15) is 45.7 Å². The minimum Gasteiger partial charge on any atom is -0.507 e. The number of carboxylic acids is 2. The largest absolute Gasteiger partial charge is 0.507 e. The molecule has 0 unspecified atom stereocenters. The monoisotopic (exact) mass is 760 g/mol. The third kappa shape index (κ3) is 13.0. The van der Waals surface area contributed by atoms with E-state index in [4.69, 9.17) is 10.2 Å². The van der Waals surface area contributed by atoms with Crippen molar-refractivity contribution >= 4 is 185 Å². The van der Waals surface area contributed by atoms with Crippen molar-refractivity contribution in [2.24, 2.45) is 20.5 Å². The molecule has 0 bridgehead atoms. The van der Waals surface area contributed by atoms with Crippen LogP contribution in [0.5, 0.6) is 11.5 Å². The molecule has 50 heavy (non-hydrogen) atoms. The summed E-state index contributed by atoms with van der Waals surface area (Å²) in [5.41, 5.74) is -1.25. The fourth-order valence-electron chi connectivity index (χ4n) is 3.82. The zero-order chi connectivity index (χ0) is 33.8. The first-order valence-corrected chi connectivity index (χ1v) is 15.3. The predicted molar refractivity (Wildman–Crippen MR) is 183 cm³/mol. The molecule has 4 aromatic rings. The summed E-state index contributed by atoms with van der Waals surface area (Å²) in [6, 6.07) is 13.7. The topological polar surface area (TPSA) is 273 Å². The Kier molecular flexibility index (Phi) is 19.7. The van der Waals surface area contributed by atoms with Crippen molar-refractivity contribution in [2.75, 3.05) is 0 Å². The molecule has 240 valence electrons. The zero-order valence-corrected chi connectivity index (χ0v) is 36.5. The van der Waals surface area contributed by atoms with Gasteiger partial charge in [0, 0.05) is 118 Å². The number of carbonyl (C=O) groups is 2. The molecular formula is C28H20N4Na4O12S2. The molecule has 0 aliphatic rings. The van der Waals surface area contributed by atoms with Gasteiger partial charge in [-0.2, -0.15) is 37.3 Å². The van der Waals surface area contributed by atoms with Crippen LogP contribution >= 0.6 is 0 Å². The summed E-state index contributed by atoms with van der Waals surface area (Å²) < 4.78 is 68.2. The van der Waals surface area contributed by atoms with Crippen LogP contribution in [0.2, 0.25) is 0 Å². The van der Waals surface area contributed by atoms with Crippen molar-refractivity contribution < 1.29 is 56.0 Å². The van der Waals surface area contributed by atoms with E-state index in [-0.39, 0.29) is 152 Å². The second-order valence-electron chi connectivity index (χ2n) is 9.14. The minimum absolute atomic E-state index is 0. The molecule has 0 aromatic heterocycles. The van der Waals surface area contributed by atoms with Crippen molar-refractivity contribution in [3.63, 3.8) is 0 Å². The molecule has 0 aliphatic carbocycles. The summed E-state index contributed by atoms with van der Waals surface area (Å²) in [6.45, 7) is 0. The summed E-state index contributed by atoms with van der Waals surface area (Å²) in [7, 11) is -9.74. The number of hydrogen-bond donors (Lipinski definition) is 6. The van der Waals surface area contributed by atoms with Crippen LogP contribution in [0.15, 0.2) is 103 Å². The second-order valence-corrected chi connectivity index (χ2v) is 11.9. The molecule has 0 fully saturated rings. The predicted octanol–water partition coefficient (Wildman–Crippen LogP) is 4.47. The first-order valence-electron chi connectivity index (χ1n) is 12.4. The molecule has 0 aliphatic heterocycles. The molecule has 0 atom stereocenters. The smallest absolute Gasteiger partial charge is 0.339 e. The molecule has 0 spiro atoms. The van der Waals surface area contributed by atoms with Gasteiger partial charge in [-0.05, 0) is 71.8 Å². The van der Waals surface area contributed by atoms with E-state index >= 15 is 0 Å². The van der Waals surface area contributed by atoms with Crippen LogP contribution in [0.25, 0.3) is 12.2 Å². The molecule has 0 saturated heterocycles. The number of carboxylic acid groups (broad SMARTS) is 2. The number of azo groups is 2. The molecule has 0 heterocycles. The van der Waals surface area contributed by atoms with Crippen LogP contribution in [0.3, 0.4) is 0 Å². The summed E-state index contributed by atoms with van der Waals surface area (Å²) >= 11 is 0. The number of phenols is 2. The first-order chi connectivity index (χ1) is 21.5. The maximum absolute atomic E-state index is 12.1. The van der Waals surface area contributed by atoms with E-state index in [0.717, 1.165) is 48.6 Å². The maximum Gasteiger partial charge on any atom is 0.339 e. The van der Waals surface area contributed by atoms with E-state index in [0.29, 0.717) is 0 Å². The van der Waals surface area contributed by atoms with Gasteiger partial charge in [0.25, 0.3) is 20.2 Å². The van der Waals surface area contributed by atoms with Gasteiger partial charge in [-0.3, -0.25) is 9.11 Å². The molecule has 0 amide bonds. The third-order valence-electron chi connectivity index (χ3n) is 5.98. The second kappa shape index (κ2) is 20.4. The van der Waals surface area contributed by atoms with Gasteiger partial charge in [-0.1, -0.05) is 24.3 Å². The molecule has 4 aromatic carbocycles. The molecule has 22 heteroatoms. The van der Waals surface area contributed by atoms with Gasteiger partial charge in [0.2, 0.25) is 0 Å². The Morgan fingerprint density at radius 1 is 0.500 bits per heavy atom. The Morgan fingerprint density at radius 3 is 1.06 bits per heavy atom. The van der Waals surface area contributed by atoms with E-state index in [2.05, 4.69) is 20.5 Å². The van der Waals surface area contributed by atoms with Gasteiger partial charge in [0.15, 0.2) is 0 Å². The molecule has 6 N–H and O–H groups in total. The molecule has 4 radical (unpaired) electrons. The number of benzene rings is 4. The Labute approximate surface area is 373 Å². The fourth-order valence-corrected chi connectivity index (χ4v) is 5.23. The van der Waals surface area contributed by atoms with Crippen LogP contribution < -0.4 is 0 Å². The Balaban J connectivity index is 0.00000600. The van der Waals surface area contributed by atoms with Gasteiger partial charge < -0.3 is 20.4 Å². The summed E-state index contributed by atoms with van der Waals surface area (Å²) in [4.78, 5) is 21.1. The average molecular weight is 761 g/mol. The summed E-state index contributed by atoms with van der Waals surface area (Å²) in [6.07, 6.45) is 2.27. The third-order valence-corrected chi connectivity index (χ3v) is 7.79. The van der Waals surface area contributed by atoms with Crippen LogP contribution in [-0.4, -0.2) is 177 Å². The Morgan fingerprint density at radius 2 is 0.780 bits per heavy atom. The number of nitrogens with zero attached hydrogens (tertiary/aromatic N) is 4. The van der Waals surface area contributed by atoms with Crippen molar-refractivity contribution in [3.8, 4) is 11.5 Å². The minimum atomic E-state index is -4.87. The van der Waals surface area contributed by atoms with E-state index in [1.807, 2.05) is 0 Å². The Hall–Kier alpha value is -1.82. The standard InChI is InChI=1S/C28H20N4O12S2.4Na/c33-23-9-7-17(11-21(23)27(35)36)29-31-19-5-3-15(25(13-19)45(39,40)41)1-2-16-4-6-20(14-26(16)46(42,43)44)32-30-18-8-10-24(34)22(12-18)28(37)38;;;;/h1-14,33-34H,(H,35,36)(H,37,38)(H,39,40,41)(H,42,43,44);;;;. The van der Waals surface area contributed by atoms with Gasteiger partial charge in [-0.15, -0.1) is 0 Å². The zero-order valence-electron chi connectivity index (χ0n) is 26.8. The van der Waals surface area contributed by atoms with Crippen LogP contribution in [0.4, 0.5) is 22.7 Å². The number of hydrogen-bond acceptors (Lipinski definition) is 12. The van der Waals surface area contributed by atoms with Crippen LogP contribution in [0.1, 0.15) is 31.8 Å². The van der Waals surface area contributed by atoms with Gasteiger partial charge in [0.1, 0.15) is 32.4 Å². The molecule has 0 saturated carbocycles.